The van der Waals surface area contributed by atoms with Crippen molar-refractivity contribution in [2.24, 2.45) is 5.92 Å². The Balaban J connectivity index is 1.49. The van der Waals surface area contributed by atoms with Gasteiger partial charge in [-0.25, -0.2) is 9.18 Å². The number of benzene rings is 2. The van der Waals surface area contributed by atoms with Gasteiger partial charge in [0.1, 0.15) is 11.9 Å². The summed E-state index contributed by atoms with van der Waals surface area (Å²) in [6.45, 7) is 0.530. The van der Waals surface area contributed by atoms with Crippen molar-refractivity contribution >= 4 is 29.2 Å². The summed E-state index contributed by atoms with van der Waals surface area (Å²) in [5.41, 5.74) is -0.305. The average molecular weight is 499 g/mol. The zero-order valence-corrected chi connectivity index (χ0v) is 18.8. The minimum absolute atomic E-state index is 0.0532. The van der Waals surface area contributed by atoms with Gasteiger partial charge in [-0.05, 0) is 55.5 Å². The van der Waals surface area contributed by atoms with Crippen LogP contribution >= 0.6 is 11.6 Å². The molecule has 2 aliphatic heterocycles. The minimum Gasteiger partial charge on any atom is -0.480 e. The highest BCUT2D eigenvalue weighted by Gasteiger charge is 2.44. The van der Waals surface area contributed by atoms with Crippen LogP contribution in [0.5, 0.6) is 0 Å². The van der Waals surface area contributed by atoms with Crippen molar-refractivity contribution in [3.8, 4) is 0 Å². The van der Waals surface area contributed by atoms with Crippen LogP contribution in [0.4, 0.5) is 23.2 Å². The summed E-state index contributed by atoms with van der Waals surface area (Å²) >= 11 is 6.33. The Morgan fingerprint density at radius 3 is 2.26 bits per heavy atom. The topological polar surface area (TPSA) is 60.9 Å². The van der Waals surface area contributed by atoms with E-state index in [1.807, 2.05) is 0 Å². The Labute approximate surface area is 198 Å². The standard InChI is InChI=1S/C24H23ClF4N2O3/c25-17-4-2-1-3-16(17)19-7-8-21(23(33)34)31(19)22(32)14-9-11-30(12-10-14)20-6-5-15(13-18(20)26)24(27,28)29/h1-6,13-14,19,21H,7-12H2,(H,33,34)/t19-,21+/m1/s1. The van der Waals surface area contributed by atoms with Crippen molar-refractivity contribution in [3.05, 3.63) is 64.4 Å². The third-order valence-corrected chi connectivity index (χ3v) is 6.99. The fourth-order valence-corrected chi connectivity index (χ4v) is 5.19. The molecular formula is C24H23ClF4N2O3. The number of amides is 1. The quantitative estimate of drug-likeness (QED) is 0.563. The third-order valence-electron chi connectivity index (χ3n) is 6.65. The molecule has 2 aromatic rings. The molecule has 1 amide bonds. The SMILES string of the molecule is O=C(O)[C@@H]1CC[C@H](c2ccccc2Cl)N1C(=O)C1CCN(c2ccc(C(F)(F)F)cc2F)CC1. The van der Waals surface area contributed by atoms with Crippen LogP contribution in [0.3, 0.4) is 0 Å². The van der Waals surface area contributed by atoms with Gasteiger partial charge in [0, 0.05) is 24.0 Å². The molecule has 1 N–H and O–H groups in total. The molecule has 0 aromatic heterocycles. The molecule has 0 saturated carbocycles. The predicted molar refractivity (Wildman–Crippen MR) is 118 cm³/mol. The summed E-state index contributed by atoms with van der Waals surface area (Å²) in [6, 6.07) is 8.04. The Kier molecular flexibility index (Phi) is 6.75. The van der Waals surface area contributed by atoms with E-state index in [9.17, 15) is 32.3 Å². The first kappa shape index (κ1) is 24.3. The maximum absolute atomic E-state index is 14.4. The number of halogens is 5. The van der Waals surface area contributed by atoms with E-state index >= 15 is 0 Å². The van der Waals surface area contributed by atoms with E-state index in [-0.39, 0.29) is 24.7 Å². The van der Waals surface area contributed by atoms with Crippen molar-refractivity contribution < 1.29 is 32.3 Å². The van der Waals surface area contributed by atoms with E-state index in [2.05, 4.69) is 0 Å². The number of carboxylic acids is 1. The molecule has 0 spiro atoms. The smallest absolute Gasteiger partial charge is 0.416 e. The monoisotopic (exact) mass is 498 g/mol. The van der Waals surface area contributed by atoms with Crippen molar-refractivity contribution in [2.75, 3.05) is 18.0 Å². The largest absolute Gasteiger partial charge is 0.480 e. The van der Waals surface area contributed by atoms with Crippen molar-refractivity contribution in [3.63, 3.8) is 0 Å². The van der Waals surface area contributed by atoms with E-state index in [0.717, 1.165) is 12.1 Å². The number of piperidine rings is 1. The van der Waals surface area contributed by atoms with Crippen molar-refractivity contribution in [1.82, 2.24) is 4.90 Å². The number of alkyl halides is 3. The number of carboxylic acid groups (broad SMARTS) is 1. The third kappa shape index (κ3) is 4.71. The van der Waals surface area contributed by atoms with E-state index in [0.29, 0.717) is 42.3 Å². The van der Waals surface area contributed by atoms with E-state index in [4.69, 9.17) is 11.6 Å². The van der Waals surface area contributed by atoms with Gasteiger partial charge in [0.05, 0.1) is 17.3 Å². The van der Waals surface area contributed by atoms with Gasteiger partial charge in [0.2, 0.25) is 5.91 Å². The first-order valence-electron chi connectivity index (χ1n) is 11.0. The Morgan fingerprint density at radius 2 is 1.68 bits per heavy atom. The van der Waals surface area contributed by atoms with Crippen LogP contribution in [0.2, 0.25) is 5.02 Å². The molecule has 2 aromatic carbocycles. The number of nitrogens with zero attached hydrogens (tertiary/aromatic N) is 2. The van der Waals surface area contributed by atoms with Gasteiger partial charge in [-0.15, -0.1) is 0 Å². The number of aliphatic carboxylic acids is 1. The highest BCUT2D eigenvalue weighted by atomic mass is 35.5. The van der Waals surface area contributed by atoms with Gasteiger partial charge in [0.25, 0.3) is 0 Å². The van der Waals surface area contributed by atoms with Crippen LogP contribution < -0.4 is 4.90 Å². The molecule has 2 fully saturated rings. The predicted octanol–water partition coefficient (Wildman–Crippen LogP) is 5.53. The van der Waals surface area contributed by atoms with E-state index in [1.165, 1.54) is 4.90 Å². The lowest BCUT2D eigenvalue weighted by Gasteiger charge is -2.37. The van der Waals surface area contributed by atoms with Crippen LogP contribution in [0.15, 0.2) is 42.5 Å². The average Bonchev–Trinajstić information content (AvgIpc) is 3.23. The maximum atomic E-state index is 14.4. The number of hydrogen-bond donors (Lipinski definition) is 1. The van der Waals surface area contributed by atoms with E-state index in [1.54, 1.807) is 29.2 Å². The number of hydrogen-bond acceptors (Lipinski definition) is 3. The fraction of sp³-hybridized carbons (Fsp3) is 0.417. The molecule has 182 valence electrons. The lowest BCUT2D eigenvalue weighted by molar-refractivity contribution is -0.152. The lowest BCUT2D eigenvalue weighted by Crippen LogP contribution is -2.47. The molecule has 10 heteroatoms. The van der Waals surface area contributed by atoms with Gasteiger partial charge in [0.15, 0.2) is 0 Å². The summed E-state index contributed by atoms with van der Waals surface area (Å²) in [6.07, 6.45) is -3.18. The molecule has 2 saturated heterocycles. The second-order valence-corrected chi connectivity index (χ2v) is 9.05. The zero-order valence-electron chi connectivity index (χ0n) is 18.1. The molecule has 0 unspecified atom stereocenters. The van der Waals surface area contributed by atoms with Crippen LogP contribution in [0.1, 0.15) is 42.9 Å². The van der Waals surface area contributed by atoms with Gasteiger partial charge in [-0.3, -0.25) is 4.79 Å². The molecule has 4 rings (SSSR count). The maximum Gasteiger partial charge on any atom is 0.416 e. The minimum atomic E-state index is -4.63. The van der Waals surface area contributed by atoms with E-state index < -0.39 is 41.5 Å². The molecule has 34 heavy (non-hydrogen) atoms. The molecule has 5 nitrogen and oxygen atoms in total. The van der Waals surface area contributed by atoms with Crippen LogP contribution in [-0.4, -0.2) is 41.0 Å². The highest BCUT2D eigenvalue weighted by molar-refractivity contribution is 6.31. The van der Waals surface area contributed by atoms with Gasteiger partial charge >= 0.3 is 12.1 Å². The number of likely N-dealkylation sites (tertiary alicyclic amines) is 1. The van der Waals surface area contributed by atoms with Crippen LogP contribution in [-0.2, 0) is 15.8 Å². The van der Waals surface area contributed by atoms with Crippen LogP contribution in [0.25, 0.3) is 0 Å². The molecule has 2 aliphatic rings. The summed E-state index contributed by atoms with van der Waals surface area (Å²) < 4.78 is 52.9. The van der Waals surface area contributed by atoms with Crippen molar-refractivity contribution in [2.45, 2.75) is 43.9 Å². The normalized spacial score (nSPS) is 21.7. The number of carbonyl (C=O) groups is 2. The Hall–Kier alpha value is -2.81. The first-order chi connectivity index (χ1) is 16.1. The summed E-state index contributed by atoms with van der Waals surface area (Å²) in [5, 5.41) is 10.2. The summed E-state index contributed by atoms with van der Waals surface area (Å²) in [7, 11) is 0. The molecular weight excluding hydrogens is 476 g/mol. The van der Waals surface area contributed by atoms with Gasteiger partial charge < -0.3 is 14.9 Å². The van der Waals surface area contributed by atoms with Gasteiger partial charge in [-0.1, -0.05) is 29.8 Å². The molecule has 2 heterocycles. The second kappa shape index (κ2) is 9.44. The summed E-state index contributed by atoms with van der Waals surface area (Å²) in [4.78, 5) is 28.4. The lowest BCUT2D eigenvalue weighted by atomic mass is 9.93. The fourth-order valence-electron chi connectivity index (χ4n) is 4.93. The summed E-state index contributed by atoms with van der Waals surface area (Å²) in [5.74, 6) is -2.81. The number of anilines is 1. The zero-order chi connectivity index (χ0) is 24.6. The molecule has 0 bridgehead atoms. The second-order valence-electron chi connectivity index (χ2n) is 8.64. The van der Waals surface area contributed by atoms with Crippen LogP contribution in [0, 0.1) is 11.7 Å². The Morgan fingerprint density at radius 1 is 1.00 bits per heavy atom. The number of rotatable bonds is 4. The first-order valence-corrected chi connectivity index (χ1v) is 11.4. The molecule has 2 atom stereocenters. The molecule has 0 aliphatic carbocycles. The highest BCUT2D eigenvalue weighted by Crippen LogP contribution is 2.41. The molecule has 0 radical (unpaired) electrons. The van der Waals surface area contributed by atoms with Crippen molar-refractivity contribution in [1.29, 1.82) is 0 Å². The van der Waals surface area contributed by atoms with Gasteiger partial charge in [-0.2, -0.15) is 13.2 Å². The Bertz CT molecular complexity index is 1090. The number of carbonyl (C=O) groups excluding carboxylic acids is 1.